The van der Waals surface area contributed by atoms with Crippen molar-refractivity contribution in [2.24, 2.45) is 0 Å². The number of hydrogen-bond donors (Lipinski definition) is 1. The van der Waals surface area contributed by atoms with Crippen LogP contribution in [0.15, 0.2) is 59.5 Å². The second kappa shape index (κ2) is 9.05. The van der Waals surface area contributed by atoms with E-state index in [9.17, 15) is 4.79 Å². The fourth-order valence-corrected chi connectivity index (χ4v) is 2.81. The van der Waals surface area contributed by atoms with Gasteiger partial charge in [0.2, 0.25) is 0 Å². The highest BCUT2D eigenvalue weighted by atomic mass is 16.5. The number of aromatic nitrogens is 3. The van der Waals surface area contributed by atoms with Crippen molar-refractivity contribution < 1.29 is 9.32 Å². The van der Waals surface area contributed by atoms with Crippen LogP contribution < -0.4 is 5.32 Å². The molecule has 140 valence electrons. The summed E-state index contributed by atoms with van der Waals surface area (Å²) in [6.45, 7) is 3.28. The van der Waals surface area contributed by atoms with Crippen molar-refractivity contribution in [3.05, 3.63) is 77.7 Å². The van der Waals surface area contributed by atoms with E-state index in [1.807, 2.05) is 32.2 Å². The quantitative estimate of drug-likeness (QED) is 0.660. The van der Waals surface area contributed by atoms with Crippen LogP contribution in [0.25, 0.3) is 0 Å². The molecular weight excluding hydrogens is 342 g/mol. The van der Waals surface area contributed by atoms with Crippen LogP contribution in [0.5, 0.6) is 0 Å². The number of hydrogen-bond acceptors (Lipinski definition) is 6. The lowest BCUT2D eigenvalue weighted by molar-refractivity contribution is 0.0930. The van der Waals surface area contributed by atoms with Crippen molar-refractivity contribution in [3.8, 4) is 0 Å². The van der Waals surface area contributed by atoms with Gasteiger partial charge in [-0.05, 0) is 19.5 Å². The van der Waals surface area contributed by atoms with E-state index in [1.165, 1.54) is 5.56 Å². The molecule has 0 spiro atoms. The molecule has 0 radical (unpaired) electrons. The maximum absolute atomic E-state index is 12.4. The van der Waals surface area contributed by atoms with E-state index in [0.29, 0.717) is 18.7 Å². The van der Waals surface area contributed by atoms with Crippen molar-refractivity contribution in [1.29, 1.82) is 0 Å². The molecule has 0 aliphatic heterocycles. The summed E-state index contributed by atoms with van der Waals surface area (Å²) in [4.78, 5) is 22.7. The third-order valence-corrected chi connectivity index (χ3v) is 4.02. The highest BCUT2D eigenvalue weighted by Crippen LogP contribution is 2.10. The van der Waals surface area contributed by atoms with E-state index in [-0.39, 0.29) is 17.6 Å². The van der Waals surface area contributed by atoms with E-state index < -0.39 is 0 Å². The van der Waals surface area contributed by atoms with Crippen LogP contribution in [0.3, 0.4) is 0 Å². The number of carbonyl (C=O) groups excluding carboxylic acids is 1. The largest absolute Gasteiger partial charge is 0.359 e. The molecule has 7 nitrogen and oxygen atoms in total. The molecule has 2 aromatic heterocycles. The van der Waals surface area contributed by atoms with Gasteiger partial charge in [-0.1, -0.05) is 35.5 Å². The molecule has 27 heavy (non-hydrogen) atoms. The molecule has 0 saturated heterocycles. The van der Waals surface area contributed by atoms with Crippen LogP contribution in [-0.2, 0) is 19.5 Å². The molecule has 1 aromatic carbocycles. The number of benzene rings is 1. The van der Waals surface area contributed by atoms with Gasteiger partial charge in [0.25, 0.3) is 5.91 Å². The average Bonchev–Trinajstić information content (AvgIpc) is 3.11. The Balaban J connectivity index is 1.51. The Labute approximate surface area is 158 Å². The maximum atomic E-state index is 12.4. The van der Waals surface area contributed by atoms with Crippen LogP contribution in [0, 0.1) is 0 Å². The summed E-state index contributed by atoms with van der Waals surface area (Å²) in [6, 6.07) is 11.8. The number of amides is 1. The van der Waals surface area contributed by atoms with Crippen LogP contribution in [0.4, 0.5) is 0 Å². The molecule has 1 N–H and O–H groups in total. The minimum absolute atomic E-state index is 0.0879. The van der Waals surface area contributed by atoms with E-state index >= 15 is 0 Å². The minimum Gasteiger partial charge on any atom is -0.359 e. The third kappa shape index (κ3) is 5.72. The van der Waals surface area contributed by atoms with Crippen molar-refractivity contribution in [2.45, 2.75) is 32.5 Å². The Kier molecular flexibility index (Phi) is 6.27. The van der Waals surface area contributed by atoms with Gasteiger partial charge in [-0.25, -0.2) is 0 Å². The predicted octanol–water partition coefficient (Wildman–Crippen LogP) is 2.46. The Morgan fingerprint density at radius 1 is 1.22 bits per heavy atom. The molecule has 0 fully saturated rings. The van der Waals surface area contributed by atoms with E-state index in [2.05, 4.69) is 37.5 Å². The fourth-order valence-electron chi connectivity index (χ4n) is 2.81. The van der Waals surface area contributed by atoms with Crippen LogP contribution >= 0.6 is 0 Å². The molecule has 0 unspecified atom stereocenters. The van der Waals surface area contributed by atoms with E-state index in [0.717, 1.165) is 12.2 Å². The van der Waals surface area contributed by atoms with Gasteiger partial charge < -0.3 is 9.84 Å². The summed E-state index contributed by atoms with van der Waals surface area (Å²) < 4.78 is 5.32. The molecule has 0 aliphatic carbocycles. The lowest BCUT2D eigenvalue weighted by Gasteiger charge is -2.14. The number of nitrogens with zero attached hydrogens (tertiary/aromatic N) is 4. The van der Waals surface area contributed by atoms with Gasteiger partial charge in [0, 0.05) is 43.7 Å². The van der Waals surface area contributed by atoms with Crippen molar-refractivity contribution >= 4 is 5.91 Å². The van der Waals surface area contributed by atoms with Crippen LogP contribution in [0.1, 0.15) is 34.4 Å². The smallest absolute Gasteiger partial charge is 0.273 e. The van der Waals surface area contributed by atoms with Crippen molar-refractivity contribution in [3.63, 3.8) is 0 Å². The van der Waals surface area contributed by atoms with Gasteiger partial charge in [0.1, 0.15) is 0 Å². The van der Waals surface area contributed by atoms with Gasteiger partial charge >= 0.3 is 0 Å². The van der Waals surface area contributed by atoms with Crippen molar-refractivity contribution in [2.75, 3.05) is 7.05 Å². The third-order valence-electron chi connectivity index (χ3n) is 4.02. The molecular formula is C20H23N5O2. The topological polar surface area (TPSA) is 84.2 Å². The summed E-state index contributed by atoms with van der Waals surface area (Å²) in [6.07, 6.45) is 5.56. The summed E-state index contributed by atoms with van der Waals surface area (Å²) >= 11 is 0. The monoisotopic (exact) mass is 365 g/mol. The Bertz CT molecular complexity index is 851. The zero-order valence-corrected chi connectivity index (χ0v) is 15.5. The number of carbonyl (C=O) groups is 1. The van der Waals surface area contributed by atoms with Gasteiger partial charge in [0.15, 0.2) is 11.5 Å². The normalized spacial score (nSPS) is 12.1. The highest BCUT2D eigenvalue weighted by Gasteiger charge is 2.16. The molecule has 3 rings (SSSR count). The Morgan fingerprint density at radius 2 is 2.04 bits per heavy atom. The van der Waals surface area contributed by atoms with Crippen LogP contribution in [-0.4, -0.2) is 39.0 Å². The van der Waals surface area contributed by atoms with Crippen molar-refractivity contribution in [1.82, 2.24) is 25.3 Å². The van der Waals surface area contributed by atoms with Gasteiger partial charge in [-0.2, -0.15) is 0 Å². The van der Waals surface area contributed by atoms with E-state index in [1.54, 1.807) is 24.7 Å². The highest BCUT2D eigenvalue weighted by molar-refractivity contribution is 5.92. The predicted molar refractivity (Wildman–Crippen MR) is 101 cm³/mol. The molecule has 2 heterocycles. The Morgan fingerprint density at radius 3 is 2.78 bits per heavy atom. The second-order valence-electron chi connectivity index (χ2n) is 6.61. The first kappa shape index (κ1) is 18.7. The SMILES string of the molecule is C[C@@H](Cc1cnccn1)NC(=O)c1cc(CN(C)Cc2ccccc2)on1. The number of nitrogens with one attached hydrogen (secondary N) is 1. The maximum Gasteiger partial charge on any atom is 0.273 e. The summed E-state index contributed by atoms with van der Waals surface area (Å²) in [7, 11) is 2.00. The lowest BCUT2D eigenvalue weighted by atomic mass is 10.2. The number of rotatable bonds is 8. The molecule has 3 aromatic rings. The molecule has 0 bridgehead atoms. The zero-order chi connectivity index (χ0) is 19.1. The first-order valence-electron chi connectivity index (χ1n) is 8.84. The lowest BCUT2D eigenvalue weighted by Crippen LogP contribution is -2.34. The molecule has 1 amide bonds. The van der Waals surface area contributed by atoms with Gasteiger partial charge in [-0.15, -0.1) is 0 Å². The summed E-state index contributed by atoms with van der Waals surface area (Å²) in [5.41, 5.74) is 2.33. The fraction of sp³-hybridized carbons (Fsp3) is 0.300. The van der Waals surface area contributed by atoms with Gasteiger partial charge in [-0.3, -0.25) is 19.7 Å². The first-order valence-corrected chi connectivity index (χ1v) is 8.84. The molecule has 1 atom stereocenters. The zero-order valence-electron chi connectivity index (χ0n) is 15.5. The van der Waals surface area contributed by atoms with Gasteiger partial charge in [0.05, 0.1) is 12.2 Å². The molecule has 7 heteroatoms. The standard InChI is InChI=1S/C20H23N5O2/c1-15(10-17-12-21-8-9-22-17)23-20(26)19-11-18(27-24-19)14-25(2)13-16-6-4-3-5-7-16/h3-9,11-12,15H,10,13-14H2,1-2H3,(H,23,26)/t15-/m0/s1. The molecule has 0 aliphatic rings. The van der Waals surface area contributed by atoms with E-state index in [4.69, 9.17) is 4.52 Å². The Hall–Kier alpha value is -3.06. The molecule has 0 saturated carbocycles. The van der Waals surface area contributed by atoms with Crippen LogP contribution in [0.2, 0.25) is 0 Å². The summed E-state index contributed by atoms with van der Waals surface area (Å²) in [5.74, 6) is 0.396. The summed E-state index contributed by atoms with van der Waals surface area (Å²) in [5, 5.41) is 6.80. The second-order valence-corrected chi connectivity index (χ2v) is 6.61. The average molecular weight is 365 g/mol. The first-order chi connectivity index (χ1) is 13.1. The minimum atomic E-state index is -0.257.